The summed E-state index contributed by atoms with van der Waals surface area (Å²) < 4.78 is 22.4. The van der Waals surface area contributed by atoms with Gasteiger partial charge in [-0.1, -0.05) is 36.4 Å². The van der Waals surface area contributed by atoms with Gasteiger partial charge in [0.25, 0.3) is 11.8 Å². The van der Waals surface area contributed by atoms with E-state index in [0.717, 1.165) is 87.7 Å². The molecular weight excluding hydrogens is 645 g/mol. The number of hydrogen-bond donors (Lipinski definition) is 3. The number of pyridine rings is 1. The molecule has 2 aromatic heterocycles. The monoisotopic (exact) mass is 693 g/mol. The average Bonchev–Trinajstić information content (AvgIpc) is 3.73. The molecule has 1 aliphatic carbocycles. The maximum atomic E-state index is 14.4. The molecule has 11 heteroatoms. The van der Waals surface area contributed by atoms with E-state index in [-0.39, 0.29) is 29.4 Å². The second-order valence-corrected chi connectivity index (χ2v) is 14.5. The SMILES string of the molecule is C[C@@H]1CN(CCCc2cccc(-c3cccc(Oc4ncc(F)cc4C(=O)N[C@H]4CC[C@@H](NC(=O)c5cc6n(n5)CCC6)CC4)c3)c2)C[C@H](C)N1. The van der Waals surface area contributed by atoms with Crippen molar-refractivity contribution in [3.05, 3.63) is 95.2 Å². The Labute approximate surface area is 299 Å². The summed E-state index contributed by atoms with van der Waals surface area (Å²) in [5.74, 6) is -0.655. The Kier molecular flexibility index (Phi) is 10.7. The Hall–Kier alpha value is -4.61. The summed E-state index contributed by atoms with van der Waals surface area (Å²) in [6.07, 6.45) is 7.99. The minimum Gasteiger partial charge on any atom is -0.438 e. The quantitative estimate of drug-likeness (QED) is 0.179. The van der Waals surface area contributed by atoms with Crippen molar-refractivity contribution in [3.63, 3.8) is 0 Å². The Balaban J connectivity index is 0.938. The summed E-state index contributed by atoms with van der Waals surface area (Å²) in [4.78, 5) is 32.9. The molecule has 0 unspecified atom stereocenters. The summed E-state index contributed by atoms with van der Waals surface area (Å²) in [5.41, 5.74) is 4.95. The lowest BCUT2D eigenvalue weighted by atomic mass is 9.91. The fourth-order valence-electron chi connectivity index (χ4n) is 7.83. The number of carbonyl (C=O) groups excluding carboxylic acids is 2. The predicted molar refractivity (Wildman–Crippen MR) is 194 cm³/mol. The van der Waals surface area contributed by atoms with E-state index in [1.54, 1.807) is 0 Å². The minimum atomic E-state index is -0.615. The van der Waals surface area contributed by atoms with E-state index in [9.17, 15) is 14.0 Å². The molecule has 2 aliphatic heterocycles. The second kappa shape index (κ2) is 15.7. The first-order valence-corrected chi connectivity index (χ1v) is 18.5. The van der Waals surface area contributed by atoms with Crippen LogP contribution >= 0.6 is 0 Å². The Morgan fingerprint density at radius 2 is 1.63 bits per heavy atom. The lowest BCUT2D eigenvalue weighted by molar-refractivity contribution is 0.0887. The zero-order valence-corrected chi connectivity index (χ0v) is 29.5. The molecule has 0 spiro atoms. The normalized spacial score (nSPS) is 21.9. The second-order valence-electron chi connectivity index (χ2n) is 14.5. The number of carbonyl (C=O) groups is 2. The van der Waals surface area contributed by atoms with Crippen molar-refractivity contribution >= 4 is 11.8 Å². The minimum absolute atomic E-state index is 0.00931. The molecule has 51 heavy (non-hydrogen) atoms. The number of aromatic nitrogens is 3. The molecule has 3 N–H and O–H groups in total. The van der Waals surface area contributed by atoms with Gasteiger partial charge in [-0.3, -0.25) is 14.3 Å². The van der Waals surface area contributed by atoms with Crippen LogP contribution in [0.1, 0.15) is 84.5 Å². The molecule has 2 aromatic carbocycles. The first kappa shape index (κ1) is 34.8. The Morgan fingerprint density at radius 1 is 0.922 bits per heavy atom. The Morgan fingerprint density at radius 3 is 2.37 bits per heavy atom. The number of nitrogens with one attached hydrogen (secondary N) is 3. The molecule has 4 heterocycles. The number of benzene rings is 2. The van der Waals surface area contributed by atoms with Crippen LogP contribution in [0.3, 0.4) is 0 Å². The van der Waals surface area contributed by atoms with Crippen LogP contribution in [-0.4, -0.2) is 75.3 Å². The number of nitrogens with zero attached hydrogens (tertiary/aromatic N) is 4. The van der Waals surface area contributed by atoms with Gasteiger partial charge in [0.05, 0.1) is 6.20 Å². The molecule has 2 atom stereocenters. The molecule has 1 saturated carbocycles. The number of aryl methyl sites for hydroxylation is 3. The van der Waals surface area contributed by atoms with Crippen molar-refractivity contribution in [1.29, 1.82) is 0 Å². The molecular formula is C40H48FN7O3. The first-order chi connectivity index (χ1) is 24.8. The van der Waals surface area contributed by atoms with E-state index in [2.05, 4.69) is 69.0 Å². The van der Waals surface area contributed by atoms with Crippen molar-refractivity contribution in [3.8, 4) is 22.8 Å². The van der Waals surface area contributed by atoms with Gasteiger partial charge in [0, 0.05) is 49.5 Å². The molecule has 10 nitrogen and oxygen atoms in total. The van der Waals surface area contributed by atoms with E-state index < -0.39 is 11.7 Å². The fraction of sp³-hybridized carbons (Fsp3) is 0.450. The molecule has 2 amide bonds. The summed E-state index contributed by atoms with van der Waals surface area (Å²) in [6, 6.07) is 20.2. The van der Waals surface area contributed by atoms with Crippen LogP contribution in [0, 0.1) is 5.82 Å². The van der Waals surface area contributed by atoms with Gasteiger partial charge in [0.2, 0.25) is 5.88 Å². The third-order valence-electron chi connectivity index (χ3n) is 10.2. The van der Waals surface area contributed by atoms with Gasteiger partial charge in [0.15, 0.2) is 0 Å². The molecule has 0 bridgehead atoms. The van der Waals surface area contributed by atoms with Crippen LogP contribution in [0.25, 0.3) is 11.1 Å². The molecule has 7 rings (SSSR count). The zero-order valence-electron chi connectivity index (χ0n) is 29.5. The number of ether oxygens (including phenoxy) is 1. The van der Waals surface area contributed by atoms with Crippen LogP contribution in [-0.2, 0) is 19.4 Å². The summed E-state index contributed by atoms with van der Waals surface area (Å²) in [5, 5.41) is 14.2. The number of fused-ring (bicyclic) bond motifs is 1. The molecule has 0 radical (unpaired) electrons. The molecule has 1 saturated heterocycles. The van der Waals surface area contributed by atoms with Crippen molar-refractivity contribution in [2.24, 2.45) is 0 Å². The lowest BCUT2D eigenvalue weighted by Gasteiger charge is -2.36. The summed E-state index contributed by atoms with van der Waals surface area (Å²) in [6.45, 7) is 8.60. The third kappa shape index (κ3) is 8.83. The van der Waals surface area contributed by atoms with Crippen molar-refractivity contribution in [1.82, 2.24) is 35.6 Å². The highest BCUT2D eigenvalue weighted by Crippen LogP contribution is 2.30. The van der Waals surface area contributed by atoms with Gasteiger partial charge in [-0.25, -0.2) is 9.37 Å². The van der Waals surface area contributed by atoms with Crippen LogP contribution in [0.15, 0.2) is 66.9 Å². The van der Waals surface area contributed by atoms with Crippen molar-refractivity contribution in [2.75, 3.05) is 19.6 Å². The molecule has 4 aromatic rings. The highest BCUT2D eigenvalue weighted by molar-refractivity contribution is 5.96. The summed E-state index contributed by atoms with van der Waals surface area (Å²) >= 11 is 0. The number of amides is 2. The van der Waals surface area contributed by atoms with Gasteiger partial charge < -0.3 is 25.6 Å². The van der Waals surface area contributed by atoms with E-state index in [1.807, 2.05) is 35.0 Å². The van der Waals surface area contributed by atoms with Gasteiger partial charge in [0.1, 0.15) is 22.8 Å². The number of piperazine rings is 1. The maximum absolute atomic E-state index is 14.4. The highest BCUT2D eigenvalue weighted by atomic mass is 19.1. The van der Waals surface area contributed by atoms with Crippen molar-refractivity contribution < 1.29 is 18.7 Å². The largest absolute Gasteiger partial charge is 0.438 e. The van der Waals surface area contributed by atoms with Crippen LogP contribution in [0.4, 0.5) is 4.39 Å². The zero-order chi connectivity index (χ0) is 35.3. The van der Waals surface area contributed by atoms with Gasteiger partial charge in [-0.05, 0) is 113 Å². The van der Waals surface area contributed by atoms with Gasteiger partial charge >= 0.3 is 0 Å². The number of rotatable bonds is 11. The van der Waals surface area contributed by atoms with Crippen LogP contribution < -0.4 is 20.7 Å². The first-order valence-electron chi connectivity index (χ1n) is 18.5. The van der Waals surface area contributed by atoms with E-state index in [1.165, 1.54) is 11.6 Å². The smallest absolute Gasteiger partial charge is 0.272 e. The summed E-state index contributed by atoms with van der Waals surface area (Å²) in [7, 11) is 0. The molecule has 3 aliphatic rings. The standard InChI is InChI=1S/C40H48FN7O3/c1-26-24-47(25-27(2)43-26)17-5-8-28-7-3-9-29(19-28)30-10-4-12-35(20-30)51-40-36(21-31(41)23-42-40)38(49)44-32-13-15-33(16-14-32)45-39(50)37-22-34-11-6-18-48(34)46-37/h3-4,7,9-10,12,19-23,26-27,32-33,43H,5-6,8,11,13-18,24-25H2,1-2H3,(H,44,49)(H,45,50)/t26-,27+,32-,33+. The maximum Gasteiger partial charge on any atom is 0.272 e. The third-order valence-corrected chi connectivity index (χ3v) is 10.2. The van der Waals surface area contributed by atoms with Gasteiger partial charge in [-0.15, -0.1) is 0 Å². The van der Waals surface area contributed by atoms with Crippen LogP contribution in [0.5, 0.6) is 11.6 Å². The molecule has 268 valence electrons. The number of halogens is 1. The Bertz CT molecular complexity index is 1820. The topological polar surface area (TPSA) is 113 Å². The molecule has 2 fully saturated rings. The van der Waals surface area contributed by atoms with Gasteiger partial charge in [-0.2, -0.15) is 5.10 Å². The average molecular weight is 694 g/mol. The predicted octanol–water partition coefficient (Wildman–Crippen LogP) is 5.91. The lowest BCUT2D eigenvalue weighted by Crippen LogP contribution is -2.54. The van der Waals surface area contributed by atoms with Crippen molar-refractivity contribution in [2.45, 2.75) is 95.9 Å². The van der Waals surface area contributed by atoms with Crippen LogP contribution in [0.2, 0.25) is 0 Å². The van der Waals surface area contributed by atoms with E-state index >= 15 is 0 Å². The fourth-order valence-corrected chi connectivity index (χ4v) is 7.83. The highest BCUT2D eigenvalue weighted by Gasteiger charge is 2.27. The number of hydrogen-bond acceptors (Lipinski definition) is 7. The van der Waals surface area contributed by atoms with E-state index in [0.29, 0.717) is 36.4 Å². The van der Waals surface area contributed by atoms with E-state index in [4.69, 9.17) is 4.74 Å².